The van der Waals surface area contributed by atoms with Gasteiger partial charge in [-0.2, -0.15) is 0 Å². The van der Waals surface area contributed by atoms with Crippen LogP contribution in [0, 0.1) is 0 Å². The van der Waals surface area contributed by atoms with E-state index in [1.54, 1.807) is 20.4 Å². The summed E-state index contributed by atoms with van der Waals surface area (Å²) in [5.41, 5.74) is 1.80. The van der Waals surface area contributed by atoms with E-state index in [4.69, 9.17) is 21.8 Å². The molecule has 3 nitrogen and oxygen atoms in total. The third-order valence-electron chi connectivity index (χ3n) is 5.19. The molecule has 27 heavy (non-hydrogen) atoms. The fourth-order valence-electron chi connectivity index (χ4n) is 3.79. The van der Waals surface area contributed by atoms with E-state index in [9.17, 15) is 5.11 Å². The van der Waals surface area contributed by atoms with Crippen LogP contribution in [-0.4, -0.2) is 25.5 Å². The van der Waals surface area contributed by atoms with Gasteiger partial charge < -0.3 is 9.84 Å². The summed E-state index contributed by atoms with van der Waals surface area (Å²) >= 11 is -0.826. The van der Waals surface area contributed by atoms with Crippen LogP contribution in [0.15, 0.2) is 17.1 Å². The topological polar surface area (TPSA) is 41.8 Å². The number of phenolic OH excluding ortho intramolecular Hbond substituents is 1. The maximum atomic E-state index is 10.7. The van der Waals surface area contributed by atoms with Gasteiger partial charge in [-0.3, -0.25) is 4.99 Å². The summed E-state index contributed by atoms with van der Waals surface area (Å²) in [6, 6.07) is 3.89. The molecule has 1 aromatic rings. The molecule has 152 valence electrons. The molecule has 1 aromatic carbocycles. The monoisotopic (exact) mass is 491 g/mol. The third kappa shape index (κ3) is 9.81. The molecule has 0 heterocycles. The van der Waals surface area contributed by atoms with E-state index in [-0.39, 0.29) is 0 Å². The Labute approximate surface area is 183 Å². The summed E-state index contributed by atoms with van der Waals surface area (Å²) in [5.74, 6) is 1.62. The van der Waals surface area contributed by atoms with Crippen molar-refractivity contribution in [3.63, 3.8) is 0 Å². The number of ether oxygens (including phenoxy) is 1. The average molecular weight is 494 g/mol. The Balaban J connectivity index is 0.00000114. The second kappa shape index (κ2) is 15.8. The zero-order valence-electron chi connectivity index (χ0n) is 16.6. The Morgan fingerprint density at radius 2 is 1.48 bits per heavy atom. The van der Waals surface area contributed by atoms with Crippen molar-refractivity contribution in [3.8, 4) is 11.5 Å². The van der Waals surface area contributed by atoms with Crippen molar-refractivity contribution in [3.05, 3.63) is 23.3 Å². The van der Waals surface area contributed by atoms with Crippen LogP contribution in [0.25, 0.3) is 0 Å². The molecule has 0 spiro atoms. The number of hydrogen-bond donors (Lipinski definition) is 1. The molecular formula is C21H33Cl2NO2Zr. The van der Waals surface area contributed by atoms with Crippen LogP contribution >= 0.6 is 17.0 Å². The molecule has 1 aliphatic carbocycles. The number of hydrogen-bond acceptors (Lipinski definition) is 3. The second-order valence-electron chi connectivity index (χ2n) is 7.07. The van der Waals surface area contributed by atoms with E-state index >= 15 is 0 Å². The number of benzene rings is 1. The van der Waals surface area contributed by atoms with Crippen molar-refractivity contribution in [2.24, 2.45) is 4.99 Å². The van der Waals surface area contributed by atoms with E-state index in [1.807, 2.05) is 12.1 Å². The van der Waals surface area contributed by atoms with Gasteiger partial charge in [0.2, 0.25) is 0 Å². The van der Waals surface area contributed by atoms with E-state index in [0.717, 1.165) is 29.7 Å². The van der Waals surface area contributed by atoms with Gasteiger partial charge in [-0.1, -0.05) is 57.8 Å². The van der Waals surface area contributed by atoms with E-state index in [0.29, 0.717) is 11.7 Å². The van der Waals surface area contributed by atoms with Gasteiger partial charge in [0.05, 0.1) is 7.11 Å². The third-order valence-corrected chi connectivity index (χ3v) is 5.19. The molecular weight excluding hydrogens is 460 g/mol. The summed E-state index contributed by atoms with van der Waals surface area (Å²) in [5, 5.41) is 10.7. The molecule has 0 unspecified atom stereocenters. The number of aliphatic imine (C=N–C) groups is 1. The Hall–Kier alpha value is -0.0469. The Morgan fingerprint density at radius 1 is 1.00 bits per heavy atom. The molecule has 0 saturated heterocycles. The molecule has 1 aliphatic rings. The summed E-state index contributed by atoms with van der Waals surface area (Å²) < 4.78 is 5.45. The average Bonchev–Trinajstić information content (AvgIpc) is 2.65. The fraction of sp³-hybridized carbons (Fsp3) is 0.667. The summed E-state index contributed by atoms with van der Waals surface area (Å²) in [4.78, 5) is 4.07. The predicted octanol–water partition coefficient (Wildman–Crippen LogP) is 7.21. The van der Waals surface area contributed by atoms with E-state index in [2.05, 4.69) is 4.99 Å². The van der Waals surface area contributed by atoms with Crippen molar-refractivity contribution in [1.82, 2.24) is 0 Å². The van der Waals surface area contributed by atoms with Gasteiger partial charge >= 0.3 is 37.9 Å². The van der Waals surface area contributed by atoms with Gasteiger partial charge in [0.15, 0.2) is 0 Å². The summed E-state index contributed by atoms with van der Waals surface area (Å²) in [6.07, 6.45) is 16.0. The molecule has 0 aromatic heterocycles. The summed E-state index contributed by atoms with van der Waals surface area (Å²) in [6.45, 7) is 0. The summed E-state index contributed by atoms with van der Waals surface area (Å²) in [7, 11) is 13.3. The first-order valence-electron chi connectivity index (χ1n) is 9.97. The van der Waals surface area contributed by atoms with Gasteiger partial charge in [-0.15, -0.1) is 0 Å². The Kier molecular flexibility index (Phi) is 14.6. The number of halogens is 2. The minimum atomic E-state index is -0.826. The van der Waals surface area contributed by atoms with Gasteiger partial charge in [0.25, 0.3) is 0 Å². The number of nitrogens with zero attached hydrogens (tertiary/aromatic N) is 1. The molecule has 0 aliphatic heterocycles. The first-order valence-corrected chi connectivity index (χ1v) is 16.3. The van der Waals surface area contributed by atoms with Crippen molar-refractivity contribution >= 4 is 23.2 Å². The van der Waals surface area contributed by atoms with E-state index < -0.39 is 20.8 Å². The zero-order valence-corrected chi connectivity index (χ0v) is 20.6. The Bertz CT molecular complexity index is 543. The van der Waals surface area contributed by atoms with Crippen LogP contribution in [-0.2, 0) is 20.8 Å². The second-order valence-corrected chi connectivity index (χ2v) is 10.8. The van der Waals surface area contributed by atoms with Crippen LogP contribution in [0.2, 0.25) is 0 Å². The van der Waals surface area contributed by atoms with Gasteiger partial charge in [-0.25, -0.2) is 0 Å². The van der Waals surface area contributed by atoms with Crippen molar-refractivity contribution < 1.29 is 30.7 Å². The quantitative estimate of drug-likeness (QED) is 0.452. The maximum absolute atomic E-state index is 10.7. The number of rotatable bonds is 3. The SMILES string of the molecule is CN=Cc1cc(OC)cc(C2CCCCCCCCCCC2)c1O.[Cl][Zr][Cl]. The first kappa shape index (κ1) is 25.0. The van der Waals surface area contributed by atoms with Crippen molar-refractivity contribution in [1.29, 1.82) is 0 Å². The molecule has 0 atom stereocenters. The zero-order chi connectivity index (χ0) is 19.9. The van der Waals surface area contributed by atoms with Crippen molar-refractivity contribution in [2.45, 2.75) is 76.5 Å². The van der Waals surface area contributed by atoms with Crippen LogP contribution in [0.4, 0.5) is 0 Å². The normalized spacial score (nSPS) is 17.3. The molecule has 1 fully saturated rings. The van der Waals surface area contributed by atoms with Crippen LogP contribution in [0.5, 0.6) is 11.5 Å². The number of aromatic hydroxyl groups is 1. The predicted molar refractivity (Wildman–Crippen MR) is 113 cm³/mol. The number of phenols is 1. The first-order chi connectivity index (χ1) is 13.2. The van der Waals surface area contributed by atoms with Gasteiger partial charge in [0.1, 0.15) is 11.5 Å². The molecule has 1 saturated carbocycles. The standard InChI is InChI=1S/C21H33NO2.2ClH.Zr/c1-22-16-18-14-19(24-2)15-20(21(18)23)17-12-10-8-6-4-3-5-7-9-11-13-17;;;/h14-17,23H,3-13H2,1-2H3;2*1H;/q;;;+2/p-2. The minimum absolute atomic E-state index is 0.387. The number of methoxy groups -OCH3 is 1. The molecule has 1 N–H and O–H groups in total. The fourth-order valence-corrected chi connectivity index (χ4v) is 3.79. The van der Waals surface area contributed by atoms with Crippen molar-refractivity contribution in [2.75, 3.05) is 14.2 Å². The Morgan fingerprint density at radius 3 is 1.93 bits per heavy atom. The van der Waals surface area contributed by atoms with Gasteiger partial charge in [0, 0.05) is 24.4 Å². The van der Waals surface area contributed by atoms with E-state index in [1.165, 1.54) is 57.8 Å². The van der Waals surface area contributed by atoms with Crippen LogP contribution < -0.4 is 4.74 Å². The molecule has 0 amide bonds. The van der Waals surface area contributed by atoms with Crippen LogP contribution in [0.1, 0.15) is 87.7 Å². The molecule has 0 bridgehead atoms. The molecule has 6 heteroatoms. The molecule has 2 rings (SSSR count). The molecule has 0 radical (unpaired) electrons. The van der Waals surface area contributed by atoms with Crippen LogP contribution in [0.3, 0.4) is 0 Å². The van der Waals surface area contributed by atoms with Gasteiger partial charge in [-0.05, 0) is 30.9 Å².